The molecule has 2 aromatic rings. The van der Waals surface area contributed by atoms with Gasteiger partial charge >= 0.3 is 5.97 Å². The summed E-state index contributed by atoms with van der Waals surface area (Å²) >= 11 is 0. The lowest BCUT2D eigenvalue weighted by Gasteiger charge is -2.06. The Morgan fingerprint density at radius 3 is 2.82 bits per heavy atom. The summed E-state index contributed by atoms with van der Waals surface area (Å²) in [6.07, 6.45) is 0.741. The molecule has 1 aromatic heterocycles. The van der Waals surface area contributed by atoms with Crippen LogP contribution in [0.4, 0.5) is 0 Å². The van der Waals surface area contributed by atoms with Crippen LogP contribution in [-0.4, -0.2) is 30.0 Å². The summed E-state index contributed by atoms with van der Waals surface area (Å²) in [4.78, 5) is 37.6. The van der Waals surface area contributed by atoms with E-state index in [1.807, 2.05) is 6.07 Å². The van der Waals surface area contributed by atoms with Gasteiger partial charge in [0.1, 0.15) is 5.69 Å². The minimum atomic E-state index is -0.369. The number of hydrogen-bond donors (Lipinski definition) is 2. The third-order valence-corrected chi connectivity index (χ3v) is 3.15. The summed E-state index contributed by atoms with van der Waals surface area (Å²) in [5, 5.41) is 3.93. The number of benzene rings is 1. The Balaban J connectivity index is 1.96. The fraction of sp³-hybridized carbons (Fsp3) is 0.312. The van der Waals surface area contributed by atoms with Crippen molar-refractivity contribution < 1.29 is 14.3 Å². The first kappa shape index (κ1) is 15.8. The first-order chi connectivity index (χ1) is 10.6. The second-order valence-corrected chi connectivity index (χ2v) is 4.76. The monoisotopic (exact) mass is 302 g/mol. The van der Waals surface area contributed by atoms with Crippen molar-refractivity contribution in [2.24, 2.45) is 0 Å². The van der Waals surface area contributed by atoms with Gasteiger partial charge in [-0.2, -0.15) is 0 Å². The van der Waals surface area contributed by atoms with Gasteiger partial charge in [-0.15, -0.1) is 0 Å². The number of esters is 1. The number of pyridine rings is 1. The van der Waals surface area contributed by atoms with Crippen LogP contribution in [0.15, 0.2) is 35.1 Å². The molecule has 0 saturated heterocycles. The second-order valence-electron chi connectivity index (χ2n) is 4.76. The average Bonchev–Trinajstić information content (AvgIpc) is 2.51. The van der Waals surface area contributed by atoms with Gasteiger partial charge in [-0.1, -0.05) is 18.2 Å². The van der Waals surface area contributed by atoms with E-state index in [0.717, 1.165) is 0 Å². The summed E-state index contributed by atoms with van der Waals surface area (Å²) in [7, 11) is 0. The summed E-state index contributed by atoms with van der Waals surface area (Å²) in [6.45, 7) is 2.44. The maximum Gasteiger partial charge on any atom is 0.305 e. The lowest BCUT2D eigenvalue weighted by Crippen LogP contribution is -2.27. The molecule has 6 nitrogen and oxygen atoms in total. The van der Waals surface area contributed by atoms with Crippen LogP contribution >= 0.6 is 0 Å². The normalized spacial score (nSPS) is 10.4. The van der Waals surface area contributed by atoms with Crippen LogP contribution in [0.1, 0.15) is 30.3 Å². The summed E-state index contributed by atoms with van der Waals surface area (Å²) in [6, 6.07) is 8.70. The lowest BCUT2D eigenvalue weighted by atomic mass is 10.1. The molecule has 1 heterocycles. The molecule has 2 rings (SSSR count). The molecule has 0 aliphatic heterocycles. The molecule has 0 saturated carbocycles. The molecule has 6 heteroatoms. The number of aromatic nitrogens is 1. The first-order valence-corrected chi connectivity index (χ1v) is 7.17. The number of aromatic amines is 1. The highest BCUT2D eigenvalue weighted by atomic mass is 16.5. The Morgan fingerprint density at radius 2 is 2.05 bits per heavy atom. The van der Waals surface area contributed by atoms with Gasteiger partial charge in [0.2, 0.25) is 0 Å². The van der Waals surface area contributed by atoms with E-state index in [1.165, 1.54) is 0 Å². The number of ether oxygens (including phenoxy) is 1. The van der Waals surface area contributed by atoms with Gasteiger partial charge in [-0.3, -0.25) is 14.4 Å². The molecule has 0 fully saturated rings. The number of amides is 1. The van der Waals surface area contributed by atoms with E-state index >= 15 is 0 Å². The van der Waals surface area contributed by atoms with Gasteiger partial charge in [-0.05, 0) is 30.9 Å². The summed E-state index contributed by atoms with van der Waals surface area (Å²) in [5.41, 5.74) is -0.0883. The molecule has 0 bridgehead atoms. The fourth-order valence-corrected chi connectivity index (χ4v) is 2.10. The molecule has 0 aliphatic rings. The van der Waals surface area contributed by atoms with E-state index in [2.05, 4.69) is 10.3 Å². The smallest absolute Gasteiger partial charge is 0.305 e. The maximum absolute atomic E-state index is 12.0. The van der Waals surface area contributed by atoms with Crippen molar-refractivity contribution in [1.82, 2.24) is 10.3 Å². The predicted molar refractivity (Wildman–Crippen MR) is 82.8 cm³/mol. The largest absolute Gasteiger partial charge is 0.466 e. The highest BCUT2D eigenvalue weighted by Crippen LogP contribution is 2.09. The van der Waals surface area contributed by atoms with E-state index in [4.69, 9.17) is 4.74 Å². The third kappa shape index (κ3) is 3.94. The summed E-state index contributed by atoms with van der Waals surface area (Å²) in [5.74, 6) is -0.650. The number of carbonyl (C=O) groups excluding carboxylic acids is 2. The van der Waals surface area contributed by atoms with Gasteiger partial charge in [0.15, 0.2) is 0 Å². The molecular weight excluding hydrogens is 284 g/mol. The fourth-order valence-electron chi connectivity index (χ4n) is 2.10. The van der Waals surface area contributed by atoms with Crippen molar-refractivity contribution in [3.63, 3.8) is 0 Å². The van der Waals surface area contributed by atoms with Crippen LogP contribution in [-0.2, 0) is 9.53 Å². The molecule has 0 unspecified atom stereocenters. The second kappa shape index (κ2) is 7.40. The number of H-pyrrole nitrogens is 1. The molecule has 1 amide bonds. The van der Waals surface area contributed by atoms with Gasteiger partial charge in [0, 0.05) is 18.4 Å². The minimum Gasteiger partial charge on any atom is -0.466 e. The van der Waals surface area contributed by atoms with Crippen LogP contribution < -0.4 is 10.9 Å². The SMILES string of the molecule is CCOC(=O)CCCNC(=O)c1cc2ccccc2c(=O)[nH]1. The van der Waals surface area contributed by atoms with Gasteiger partial charge < -0.3 is 15.0 Å². The van der Waals surface area contributed by atoms with E-state index in [9.17, 15) is 14.4 Å². The molecule has 116 valence electrons. The Bertz CT molecular complexity index is 736. The number of fused-ring (bicyclic) bond motifs is 1. The highest BCUT2D eigenvalue weighted by molar-refractivity contribution is 5.96. The minimum absolute atomic E-state index is 0.208. The zero-order valence-electron chi connectivity index (χ0n) is 12.3. The lowest BCUT2D eigenvalue weighted by molar-refractivity contribution is -0.143. The number of hydrogen-bond acceptors (Lipinski definition) is 4. The number of carbonyl (C=O) groups is 2. The van der Waals surface area contributed by atoms with Crippen LogP contribution in [0, 0.1) is 0 Å². The van der Waals surface area contributed by atoms with Crippen molar-refractivity contribution in [3.8, 4) is 0 Å². The van der Waals surface area contributed by atoms with E-state index < -0.39 is 0 Å². The molecule has 0 radical (unpaired) electrons. The topological polar surface area (TPSA) is 88.3 Å². The molecule has 0 aliphatic carbocycles. The zero-order valence-corrected chi connectivity index (χ0v) is 12.3. The number of rotatable bonds is 6. The van der Waals surface area contributed by atoms with Crippen LogP contribution in [0.2, 0.25) is 0 Å². The molecule has 2 N–H and O–H groups in total. The van der Waals surface area contributed by atoms with Crippen LogP contribution in [0.3, 0.4) is 0 Å². The van der Waals surface area contributed by atoms with Crippen molar-refractivity contribution in [2.75, 3.05) is 13.2 Å². The maximum atomic E-state index is 12.0. The van der Waals surface area contributed by atoms with Crippen LogP contribution in [0.25, 0.3) is 10.8 Å². The van der Waals surface area contributed by atoms with Gasteiger partial charge in [-0.25, -0.2) is 0 Å². The van der Waals surface area contributed by atoms with Crippen molar-refractivity contribution in [2.45, 2.75) is 19.8 Å². The standard InChI is InChI=1S/C16H18N2O4/c1-2-22-14(19)8-5-9-17-16(21)13-10-11-6-3-4-7-12(11)15(20)18-13/h3-4,6-7,10H,2,5,8-9H2,1H3,(H,17,21)(H,18,20). The van der Waals surface area contributed by atoms with Crippen molar-refractivity contribution >= 4 is 22.6 Å². The van der Waals surface area contributed by atoms with Crippen molar-refractivity contribution in [3.05, 3.63) is 46.4 Å². The zero-order chi connectivity index (χ0) is 15.9. The molecule has 22 heavy (non-hydrogen) atoms. The van der Waals surface area contributed by atoms with E-state index in [0.29, 0.717) is 30.3 Å². The Labute approximate surface area is 127 Å². The Morgan fingerprint density at radius 1 is 1.27 bits per heavy atom. The predicted octanol–water partition coefficient (Wildman–Crippen LogP) is 1.60. The Hall–Kier alpha value is -2.63. The molecule has 0 spiro atoms. The third-order valence-electron chi connectivity index (χ3n) is 3.15. The van der Waals surface area contributed by atoms with Gasteiger partial charge in [0.25, 0.3) is 11.5 Å². The quantitative estimate of drug-likeness (QED) is 0.626. The van der Waals surface area contributed by atoms with Gasteiger partial charge in [0.05, 0.1) is 6.61 Å². The number of nitrogens with one attached hydrogen (secondary N) is 2. The summed E-state index contributed by atoms with van der Waals surface area (Å²) < 4.78 is 4.80. The average molecular weight is 302 g/mol. The van der Waals surface area contributed by atoms with Crippen molar-refractivity contribution in [1.29, 1.82) is 0 Å². The highest BCUT2D eigenvalue weighted by Gasteiger charge is 2.09. The first-order valence-electron chi connectivity index (χ1n) is 7.17. The van der Waals surface area contributed by atoms with E-state index in [1.54, 1.807) is 31.2 Å². The van der Waals surface area contributed by atoms with E-state index in [-0.39, 0.29) is 29.6 Å². The van der Waals surface area contributed by atoms with Crippen LogP contribution in [0.5, 0.6) is 0 Å². The molecule has 1 aromatic carbocycles. The Kier molecular flexibility index (Phi) is 5.30. The molecule has 0 atom stereocenters. The molecular formula is C16H18N2O4.